The van der Waals surface area contributed by atoms with E-state index in [-0.39, 0.29) is 11.5 Å². The molecule has 29 heavy (non-hydrogen) atoms. The summed E-state index contributed by atoms with van der Waals surface area (Å²) in [7, 11) is 0. The lowest BCUT2D eigenvalue weighted by molar-refractivity contribution is 0.0748. The van der Waals surface area contributed by atoms with Gasteiger partial charge in [0.25, 0.3) is 11.5 Å². The van der Waals surface area contributed by atoms with Crippen molar-refractivity contribution in [2.45, 2.75) is 0 Å². The van der Waals surface area contributed by atoms with Crippen LogP contribution in [0.15, 0.2) is 58.8 Å². The molecule has 8 heteroatoms. The fraction of sp³-hybridized carbons (Fsp3) is 0.190. The Labute approximate surface area is 175 Å². The number of pyridine rings is 1. The van der Waals surface area contributed by atoms with Gasteiger partial charge in [-0.1, -0.05) is 11.6 Å². The highest BCUT2D eigenvalue weighted by molar-refractivity contribution is 7.17. The van der Waals surface area contributed by atoms with Gasteiger partial charge in [-0.3, -0.25) is 14.0 Å². The Kier molecular flexibility index (Phi) is 4.49. The highest BCUT2D eigenvalue weighted by Gasteiger charge is 2.24. The van der Waals surface area contributed by atoms with E-state index in [9.17, 15) is 9.59 Å². The van der Waals surface area contributed by atoms with Crippen molar-refractivity contribution in [2.24, 2.45) is 0 Å². The number of carbonyl (C=O) groups is 1. The molecule has 0 unspecified atom stereocenters. The molecule has 1 saturated heterocycles. The smallest absolute Gasteiger partial charge is 0.275 e. The van der Waals surface area contributed by atoms with E-state index < -0.39 is 0 Å². The van der Waals surface area contributed by atoms with E-state index in [0.717, 1.165) is 18.8 Å². The lowest BCUT2D eigenvalue weighted by Gasteiger charge is -2.36. The van der Waals surface area contributed by atoms with Gasteiger partial charge in [0.1, 0.15) is 4.70 Å². The first kappa shape index (κ1) is 18.1. The first-order chi connectivity index (χ1) is 14.1. The summed E-state index contributed by atoms with van der Waals surface area (Å²) < 4.78 is 2.07. The van der Waals surface area contributed by atoms with Crippen molar-refractivity contribution in [3.05, 3.63) is 75.0 Å². The quantitative estimate of drug-likeness (QED) is 0.494. The molecule has 0 spiro atoms. The van der Waals surface area contributed by atoms with Gasteiger partial charge < -0.3 is 9.80 Å². The summed E-state index contributed by atoms with van der Waals surface area (Å²) in [6.07, 6.45) is 1.67. The number of benzene rings is 1. The zero-order chi connectivity index (χ0) is 20.0. The fourth-order valence-electron chi connectivity index (χ4n) is 3.71. The number of rotatable bonds is 2. The average molecular weight is 425 g/mol. The third kappa shape index (κ3) is 3.16. The normalized spacial score (nSPS) is 14.7. The monoisotopic (exact) mass is 424 g/mol. The van der Waals surface area contributed by atoms with E-state index >= 15 is 0 Å². The van der Waals surface area contributed by atoms with Crippen LogP contribution in [0.3, 0.4) is 0 Å². The van der Waals surface area contributed by atoms with Crippen LogP contribution >= 0.6 is 22.9 Å². The molecule has 1 fully saturated rings. The van der Waals surface area contributed by atoms with Gasteiger partial charge >= 0.3 is 0 Å². The fourth-order valence-corrected chi connectivity index (χ4v) is 4.60. The number of halogens is 1. The van der Waals surface area contributed by atoms with Gasteiger partial charge in [0, 0.05) is 43.1 Å². The summed E-state index contributed by atoms with van der Waals surface area (Å²) in [5.41, 5.74) is 2.46. The van der Waals surface area contributed by atoms with Crippen LogP contribution in [0.25, 0.3) is 15.9 Å². The van der Waals surface area contributed by atoms with Gasteiger partial charge in [-0.2, -0.15) is 0 Å². The maximum Gasteiger partial charge on any atom is 0.275 e. The molecular weight excluding hydrogens is 408 g/mol. The Balaban J connectivity index is 1.43. The number of hydrogen-bond acceptors (Lipinski definition) is 5. The van der Waals surface area contributed by atoms with E-state index in [1.807, 2.05) is 40.6 Å². The maximum atomic E-state index is 13.2. The molecular formula is C21H17ClN4O2S. The molecule has 0 atom stereocenters. The minimum Gasteiger partial charge on any atom is -0.368 e. The highest BCUT2D eigenvalue weighted by Crippen LogP contribution is 2.21. The van der Waals surface area contributed by atoms with Crippen LogP contribution in [-0.2, 0) is 0 Å². The Bertz CT molecular complexity index is 1270. The molecule has 3 aromatic heterocycles. The van der Waals surface area contributed by atoms with Gasteiger partial charge in [-0.15, -0.1) is 11.3 Å². The SMILES string of the molecule is O=C(c1cccn2c(=O)c3sccc3nc12)N1CCN(c2ccc(Cl)cc2)CC1. The largest absolute Gasteiger partial charge is 0.368 e. The van der Waals surface area contributed by atoms with E-state index in [1.54, 1.807) is 18.3 Å². The number of piperazine rings is 1. The van der Waals surface area contributed by atoms with Gasteiger partial charge in [-0.05, 0) is 47.8 Å². The summed E-state index contributed by atoms with van der Waals surface area (Å²) in [4.78, 5) is 34.6. The average Bonchev–Trinajstić information content (AvgIpc) is 3.23. The second-order valence-corrected chi connectivity index (χ2v) is 8.28. The number of hydrogen-bond donors (Lipinski definition) is 0. The number of amides is 1. The molecule has 4 heterocycles. The van der Waals surface area contributed by atoms with Gasteiger partial charge in [0.15, 0.2) is 5.65 Å². The summed E-state index contributed by atoms with van der Waals surface area (Å²) in [5.74, 6) is -0.0969. The minimum absolute atomic E-state index is 0.0969. The van der Waals surface area contributed by atoms with Crippen LogP contribution in [0.2, 0.25) is 5.02 Å². The Morgan fingerprint density at radius 2 is 1.79 bits per heavy atom. The standard InChI is InChI=1S/C21H17ClN4O2S/c22-14-3-5-15(6-4-14)24-9-11-25(12-10-24)20(27)16-2-1-8-26-19(16)23-17-7-13-29-18(17)21(26)28/h1-8,13H,9-12H2. The predicted molar refractivity (Wildman–Crippen MR) is 116 cm³/mol. The molecule has 1 amide bonds. The minimum atomic E-state index is -0.137. The molecule has 0 saturated carbocycles. The molecule has 1 aromatic carbocycles. The zero-order valence-electron chi connectivity index (χ0n) is 15.4. The Hall–Kier alpha value is -2.90. The van der Waals surface area contributed by atoms with Crippen LogP contribution in [-0.4, -0.2) is 46.4 Å². The van der Waals surface area contributed by atoms with Crippen molar-refractivity contribution >= 4 is 50.4 Å². The molecule has 0 radical (unpaired) electrons. The molecule has 0 N–H and O–H groups in total. The lowest BCUT2D eigenvalue weighted by Crippen LogP contribution is -2.49. The maximum absolute atomic E-state index is 13.2. The zero-order valence-corrected chi connectivity index (χ0v) is 17.0. The van der Waals surface area contributed by atoms with Crippen LogP contribution in [0.4, 0.5) is 5.69 Å². The van der Waals surface area contributed by atoms with Crippen molar-refractivity contribution in [1.82, 2.24) is 14.3 Å². The topological polar surface area (TPSA) is 57.9 Å². The lowest BCUT2D eigenvalue weighted by atomic mass is 10.2. The molecule has 0 aliphatic carbocycles. The summed E-state index contributed by atoms with van der Waals surface area (Å²) >= 11 is 7.34. The van der Waals surface area contributed by atoms with Crippen LogP contribution in [0.5, 0.6) is 0 Å². The molecule has 5 rings (SSSR count). The number of nitrogens with zero attached hydrogens (tertiary/aromatic N) is 4. The highest BCUT2D eigenvalue weighted by atomic mass is 35.5. The van der Waals surface area contributed by atoms with Crippen molar-refractivity contribution in [1.29, 1.82) is 0 Å². The van der Waals surface area contributed by atoms with Crippen molar-refractivity contribution < 1.29 is 4.79 Å². The van der Waals surface area contributed by atoms with Crippen LogP contribution < -0.4 is 10.5 Å². The molecule has 6 nitrogen and oxygen atoms in total. The first-order valence-corrected chi connectivity index (χ1v) is 10.6. The van der Waals surface area contributed by atoms with Gasteiger partial charge in [0.2, 0.25) is 0 Å². The van der Waals surface area contributed by atoms with Crippen molar-refractivity contribution in [3.63, 3.8) is 0 Å². The van der Waals surface area contributed by atoms with Crippen LogP contribution in [0.1, 0.15) is 10.4 Å². The van der Waals surface area contributed by atoms with Crippen molar-refractivity contribution in [2.75, 3.05) is 31.1 Å². The molecule has 146 valence electrons. The molecule has 4 aromatic rings. The van der Waals surface area contributed by atoms with Crippen molar-refractivity contribution in [3.8, 4) is 0 Å². The summed E-state index contributed by atoms with van der Waals surface area (Å²) in [6, 6.07) is 13.0. The van der Waals surface area contributed by atoms with Gasteiger partial charge in [0.05, 0.1) is 11.1 Å². The molecule has 0 bridgehead atoms. The van der Waals surface area contributed by atoms with Gasteiger partial charge in [-0.25, -0.2) is 4.98 Å². The van der Waals surface area contributed by atoms with E-state index in [2.05, 4.69) is 9.88 Å². The second-order valence-electron chi connectivity index (χ2n) is 6.92. The van der Waals surface area contributed by atoms with E-state index in [1.165, 1.54) is 15.7 Å². The first-order valence-electron chi connectivity index (χ1n) is 9.30. The van der Waals surface area contributed by atoms with E-state index in [0.29, 0.717) is 39.5 Å². The number of aromatic nitrogens is 2. The molecule has 1 aliphatic heterocycles. The Morgan fingerprint density at radius 1 is 1.03 bits per heavy atom. The summed E-state index contributed by atoms with van der Waals surface area (Å²) in [6.45, 7) is 2.68. The number of anilines is 1. The summed E-state index contributed by atoms with van der Waals surface area (Å²) in [5, 5.41) is 2.55. The van der Waals surface area contributed by atoms with Crippen LogP contribution in [0, 0.1) is 0 Å². The van der Waals surface area contributed by atoms with E-state index in [4.69, 9.17) is 11.6 Å². The third-order valence-corrected chi connectivity index (χ3v) is 6.38. The number of thiophene rings is 1. The number of fused-ring (bicyclic) bond motifs is 2. The predicted octanol–water partition coefficient (Wildman–Crippen LogP) is 3.53. The Morgan fingerprint density at radius 3 is 2.55 bits per heavy atom. The second kappa shape index (κ2) is 7.17. The molecule has 1 aliphatic rings. The third-order valence-electron chi connectivity index (χ3n) is 5.24. The number of carbonyl (C=O) groups excluding carboxylic acids is 1.